The largest absolute Gasteiger partial charge is 0.486 e. The number of carbonyl (C=O) groups is 2. The van der Waals surface area contributed by atoms with E-state index in [-0.39, 0.29) is 12.3 Å². The first-order valence-electron chi connectivity index (χ1n) is 9.21. The second-order valence-electron chi connectivity index (χ2n) is 6.66. The van der Waals surface area contributed by atoms with E-state index in [1.807, 2.05) is 24.3 Å². The van der Waals surface area contributed by atoms with Crippen LogP contribution in [-0.4, -0.2) is 11.9 Å². The molecular formula is C23H15BrCl2N2O3. The summed E-state index contributed by atoms with van der Waals surface area (Å²) >= 11 is 16.0. The highest BCUT2D eigenvalue weighted by Crippen LogP contribution is 2.36. The molecule has 156 valence electrons. The molecule has 0 bridgehead atoms. The van der Waals surface area contributed by atoms with E-state index in [0.717, 1.165) is 10.5 Å². The van der Waals surface area contributed by atoms with E-state index in [1.165, 1.54) is 0 Å². The molecule has 1 heterocycles. The van der Waals surface area contributed by atoms with Crippen molar-refractivity contribution in [2.75, 3.05) is 4.90 Å². The van der Waals surface area contributed by atoms with Gasteiger partial charge in [-0.05, 0) is 57.9 Å². The first-order chi connectivity index (χ1) is 14.9. The zero-order valence-corrected chi connectivity index (χ0v) is 19.0. The van der Waals surface area contributed by atoms with Gasteiger partial charge >= 0.3 is 6.03 Å². The minimum Gasteiger partial charge on any atom is -0.486 e. The number of para-hydroxylation sites is 1. The summed E-state index contributed by atoms with van der Waals surface area (Å²) in [6.07, 6.45) is 1.57. The Morgan fingerprint density at radius 2 is 1.68 bits per heavy atom. The second kappa shape index (κ2) is 9.14. The fraction of sp³-hybridized carbons (Fsp3) is 0.0435. The lowest BCUT2D eigenvalue weighted by atomic mass is 10.1. The highest BCUT2D eigenvalue weighted by atomic mass is 79.9. The summed E-state index contributed by atoms with van der Waals surface area (Å²) in [4.78, 5) is 26.1. The summed E-state index contributed by atoms with van der Waals surface area (Å²) in [5.74, 6) is 0.0129. The van der Waals surface area contributed by atoms with Crippen LogP contribution in [0, 0.1) is 0 Å². The molecule has 5 nitrogen and oxygen atoms in total. The number of anilines is 1. The molecule has 3 amide bonds. The molecular weight excluding hydrogens is 503 g/mol. The second-order valence-corrected chi connectivity index (χ2v) is 8.33. The Hall–Kier alpha value is -2.80. The van der Waals surface area contributed by atoms with Crippen LogP contribution in [0.3, 0.4) is 0 Å². The average Bonchev–Trinajstić information content (AvgIpc) is 3.02. The fourth-order valence-corrected chi connectivity index (χ4v) is 4.26. The smallest absolute Gasteiger partial charge is 0.333 e. The Morgan fingerprint density at radius 3 is 2.39 bits per heavy atom. The van der Waals surface area contributed by atoms with Crippen molar-refractivity contribution >= 4 is 62.8 Å². The fourth-order valence-electron chi connectivity index (χ4n) is 3.08. The zero-order chi connectivity index (χ0) is 22.0. The molecule has 1 aliphatic rings. The van der Waals surface area contributed by atoms with Crippen molar-refractivity contribution < 1.29 is 14.3 Å². The first-order valence-corrected chi connectivity index (χ1v) is 10.8. The number of ether oxygens (including phenoxy) is 1. The number of nitrogens with zero attached hydrogens (tertiary/aromatic N) is 1. The molecule has 8 heteroatoms. The Morgan fingerprint density at radius 1 is 0.968 bits per heavy atom. The molecule has 0 spiro atoms. The molecule has 3 aromatic rings. The van der Waals surface area contributed by atoms with E-state index in [2.05, 4.69) is 21.2 Å². The number of halogens is 3. The van der Waals surface area contributed by atoms with Crippen molar-refractivity contribution in [1.82, 2.24) is 5.32 Å². The van der Waals surface area contributed by atoms with Gasteiger partial charge in [-0.25, -0.2) is 9.69 Å². The molecule has 0 unspecified atom stereocenters. The third kappa shape index (κ3) is 4.61. The summed E-state index contributed by atoms with van der Waals surface area (Å²) in [5.41, 5.74) is 2.11. The van der Waals surface area contributed by atoms with Crippen LogP contribution in [0.25, 0.3) is 6.08 Å². The Labute approximate surface area is 197 Å². The maximum atomic E-state index is 12.7. The van der Waals surface area contributed by atoms with E-state index in [9.17, 15) is 9.59 Å². The van der Waals surface area contributed by atoms with Gasteiger partial charge in [0.1, 0.15) is 12.3 Å². The molecule has 0 radical (unpaired) electrons. The van der Waals surface area contributed by atoms with E-state index < -0.39 is 11.9 Å². The first kappa shape index (κ1) is 21.4. The van der Waals surface area contributed by atoms with Crippen LogP contribution in [0.1, 0.15) is 11.1 Å². The zero-order valence-electron chi connectivity index (χ0n) is 15.9. The van der Waals surface area contributed by atoms with Crippen molar-refractivity contribution in [2.24, 2.45) is 0 Å². The van der Waals surface area contributed by atoms with E-state index >= 15 is 0 Å². The standard InChI is InChI=1S/C23H15BrCl2N2O3/c24-17-10-14(11-19(26)21(17)31-13-15-6-4-5-9-18(15)25)12-20-22(29)28(23(30)27-20)16-7-2-1-3-8-16/h1-12H,13H2,(H,27,30)/b20-12+. The van der Waals surface area contributed by atoms with Crippen molar-refractivity contribution in [3.8, 4) is 5.75 Å². The number of imide groups is 1. The van der Waals surface area contributed by atoms with Gasteiger partial charge in [-0.2, -0.15) is 0 Å². The normalized spacial score (nSPS) is 14.8. The quantitative estimate of drug-likeness (QED) is 0.313. The average molecular weight is 518 g/mol. The third-order valence-electron chi connectivity index (χ3n) is 4.55. The molecule has 1 fully saturated rings. The molecule has 0 saturated carbocycles. The number of hydrogen-bond acceptors (Lipinski definition) is 3. The van der Waals surface area contributed by atoms with E-state index in [0.29, 0.717) is 31.5 Å². The molecule has 1 saturated heterocycles. The summed E-state index contributed by atoms with van der Waals surface area (Å²) in [6.45, 7) is 0.249. The number of carbonyl (C=O) groups excluding carboxylic acids is 2. The van der Waals surface area contributed by atoms with Gasteiger partial charge in [0, 0.05) is 10.6 Å². The maximum absolute atomic E-state index is 12.7. The van der Waals surface area contributed by atoms with Crippen LogP contribution in [0.2, 0.25) is 10.0 Å². The highest BCUT2D eigenvalue weighted by Gasteiger charge is 2.34. The predicted octanol–water partition coefficient (Wildman–Crippen LogP) is 6.43. The lowest BCUT2D eigenvalue weighted by Gasteiger charge is -2.12. The molecule has 1 N–H and O–H groups in total. The van der Waals surface area contributed by atoms with Crippen molar-refractivity contribution in [1.29, 1.82) is 0 Å². The lowest BCUT2D eigenvalue weighted by Crippen LogP contribution is -2.30. The number of amides is 3. The number of nitrogens with one attached hydrogen (secondary N) is 1. The summed E-state index contributed by atoms with van der Waals surface area (Å²) in [7, 11) is 0. The van der Waals surface area contributed by atoms with Crippen molar-refractivity contribution in [3.05, 3.63) is 98.1 Å². The Bertz CT molecular complexity index is 1180. The Kier molecular flexibility index (Phi) is 6.32. The number of hydrogen-bond donors (Lipinski definition) is 1. The topological polar surface area (TPSA) is 58.6 Å². The van der Waals surface area contributed by atoms with Gasteiger partial charge in [-0.15, -0.1) is 0 Å². The molecule has 4 rings (SSSR count). The molecule has 3 aromatic carbocycles. The number of benzene rings is 3. The van der Waals surface area contributed by atoms with Gasteiger partial charge < -0.3 is 10.1 Å². The molecule has 0 aromatic heterocycles. The van der Waals surface area contributed by atoms with Crippen LogP contribution in [0.15, 0.2) is 76.9 Å². The highest BCUT2D eigenvalue weighted by molar-refractivity contribution is 9.10. The molecule has 0 atom stereocenters. The molecule has 1 aliphatic heterocycles. The predicted molar refractivity (Wildman–Crippen MR) is 125 cm³/mol. The van der Waals surface area contributed by atoms with Gasteiger partial charge in [0.2, 0.25) is 0 Å². The maximum Gasteiger partial charge on any atom is 0.333 e. The monoisotopic (exact) mass is 516 g/mol. The summed E-state index contributed by atoms with van der Waals surface area (Å²) in [6, 6.07) is 19.0. The van der Waals surface area contributed by atoms with Crippen LogP contribution in [0.5, 0.6) is 5.75 Å². The number of rotatable bonds is 5. The molecule has 31 heavy (non-hydrogen) atoms. The van der Waals surface area contributed by atoms with Crippen LogP contribution < -0.4 is 15.0 Å². The van der Waals surface area contributed by atoms with Gasteiger partial charge in [0.05, 0.1) is 15.2 Å². The van der Waals surface area contributed by atoms with Crippen molar-refractivity contribution in [3.63, 3.8) is 0 Å². The van der Waals surface area contributed by atoms with E-state index in [1.54, 1.807) is 48.5 Å². The van der Waals surface area contributed by atoms with Gasteiger partial charge in [-0.1, -0.05) is 59.6 Å². The lowest BCUT2D eigenvalue weighted by molar-refractivity contribution is -0.113. The summed E-state index contributed by atoms with van der Waals surface area (Å²) in [5, 5.41) is 3.56. The number of urea groups is 1. The summed E-state index contributed by atoms with van der Waals surface area (Å²) < 4.78 is 6.45. The van der Waals surface area contributed by atoms with Crippen LogP contribution >= 0.6 is 39.1 Å². The SMILES string of the molecule is O=C1N/C(=C/c2cc(Cl)c(OCc3ccccc3Cl)c(Br)c2)C(=O)N1c1ccccc1. The molecule has 0 aliphatic carbocycles. The van der Waals surface area contributed by atoms with Gasteiger partial charge in [-0.3, -0.25) is 4.79 Å². The van der Waals surface area contributed by atoms with Crippen molar-refractivity contribution in [2.45, 2.75) is 6.61 Å². The Balaban J connectivity index is 1.56. The minimum absolute atomic E-state index is 0.154. The van der Waals surface area contributed by atoms with Gasteiger partial charge in [0.15, 0.2) is 5.75 Å². The van der Waals surface area contributed by atoms with Gasteiger partial charge in [0.25, 0.3) is 5.91 Å². The van der Waals surface area contributed by atoms with Crippen LogP contribution in [-0.2, 0) is 11.4 Å². The van der Waals surface area contributed by atoms with Crippen LogP contribution in [0.4, 0.5) is 10.5 Å². The minimum atomic E-state index is -0.507. The third-order valence-corrected chi connectivity index (χ3v) is 5.79. The van der Waals surface area contributed by atoms with E-state index in [4.69, 9.17) is 27.9 Å².